The van der Waals surface area contributed by atoms with Crippen LogP contribution in [0.4, 0.5) is 4.79 Å². The largest absolute Gasteiger partial charge is 0.444 e. The van der Waals surface area contributed by atoms with Gasteiger partial charge in [0.25, 0.3) is 0 Å². The van der Waals surface area contributed by atoms with Crippen LogP contribution in [0.25, 0.3) is 0 Å². The van der Waals surface area contributed by atoms with E-state index < -0.39 is 23.8 Å². The molecule has 3 amide bonds. The highest BCUT2D eigenvalue weighted by Crippen LogP contribution is 2.25. The number of alkyl carbamates (subject to hydrolysis) is 1. The van der Waals surface area contributed by atoms with Gasteiger partial charge in [-0.1, -0.05) is 44.5 Å². The van der Waals surface area contributed by atoms with Gasteiger partial charge >= 0.3 is 6.09 Å². The van der Waals surface area contributed by atoms with Crippen molar-refractivity contribution >= 4 is 17.9 Å². The summed E-state index contributed by atoms with van der Waals surface area (Å²) in [4.78, 5) is 40.5. The van der Waals surface area contributed by atoms with Crippen LogP contribution in [-0.4, -0.2) is 47.5 Å². The van der Waals surface area contributed by atoms with Crippen LogP contribution < -0.4 is 10.6 Å². The lowest BCUT2D eigenvalue weighted by Gasteiger charge is -2.34. The van der Waals surface area contributed by atoms with Crippen LogP contribution in [0.2, 0.25) is 0 Å². The first-order chi connectivity index (χ1) is 14.3. The van der Waals surface area contributed by atoms with Gasteiger partial charge in [-0.2, -0.15) is 0 Å². The molecule has 0 spiro atoms. The maximum Gasteiger partial charge on any atom is 0.408 e. The van der Waals surface area contributed by atoms with Crippen molar-refractivity contribution in [3.63, 3.8) is 0 Å². The molecule has 0 heterocycles. The number of likely N-dealkylation sites (N-methyl/N-ethyl adjacent to an activating group) is 1. The molecular weight excluding hydrogens is 394 g/mol. The van der Waals surface area contributed by atoms with Gasteiger partial charge in [0.1, 0.15) is 17.7 Å². The molecule has 0 bridgehead atoms. The first kappa shape index (κ1) is 26.5. The maximum atomic E-state index is 13.5. The predicted molar refractivity (Wildman–Crippen MR) is 123 cm³/mol. The second kappa shape index (κ2) is 11.2. The third kappa shape index (κ3) is 7.89. The number of ether oxygens (including phenoxy) is 1. The van der Waals surface area contributed by atoms with E-state index in [-0.39, 0.29) is 23.8 Å². The summed E-state index contributed by atoms with van der Waals surface area (Å²) < 4.78 is 5.36. The number of carbonyl (C=O) groups excluding carboxylic acids is 3. The molecule has 7 heteroatoms. The second-order valence-corrected chi connectivity index (χ2v) is 9.38. The molecule has 0 saturated heterocycles. The Kier molecular flexibility index (Phi) is 9.53. The van der Waals surface area contributed by atoms with Crippen molar-refractivity contribution in [1.82, 2.24) is 15.5 Å². The van der Waals surface area contributed by atoms with Gasteiger partial charge < -0.3 is 20.3 Å². The molecular formula is C24H39N3O4. The summed E-state index contributed by atoms with van der Waals surface area (Å²) in [7, 11) is 1.60. The number of amides is 3. The van der Waals surface area contributed by atoms with E-state index in [1.807, 2.05) is 58.9 Å². The molecule has 1 aromatic rings. The summed E-state index contributed by atoms with van der Waals surface area (Å²) in [6.45, 7) is 14.8. The molecule has 0 aromatic heterocycles. The summed E-state index contributed by atoms with van der Waals surface area (Å²) in [5.74, 6) is -0.749. The van der Waals surface area contributed by atoms with Crippen molar-refractivity contribution in [2.24, 2.45) is 5.92 Å². The fourth-order valence-electron chi connectivity index (χ4n) is 3.25. The summed E-state index contributed by atoms with van der Waals surface area (Å²) in [6.07, 6.45) is 0.0198. The van der Waals surface area contributed by atoms with Gasteiger partial charge in [0.15, 0.2) is 0 Å². The van der Waals surface area contributed by atoms with Crippen molar-refractivity contribution in [3.8, 4) is 0 Å². The Balaban J connectivity index is 3.28. The molecule has 1 rings (SSSR count). The van der Waals surface area contributed by atoms with Crippen LogP contribution in [0.15, 0.2) is 24.3 Å². The normalized spacial score (nSPS) is 14.4. The Labute approximate surface area is 186 Å². The van der Waals surface area contributed by atoms with E-state index in [0.29, 0.717) is 6.42 Å². The summed E-state index contributed by atoms with van der Waals surface area (Å²) in [6, 6.07) is 5.79. The van der Waals surface area contributed by atoms with E-state index in [0.717, 1.165) is 11.1 Å². The van der Waals surface area contributed by atoms with Crippen LogP contribution in [0.5, 0.6) is 0 Å². The number of aryl methyl sites for hydroxylation is 1. The number of nitrogens with zero attached hydrogens (tertiary/aromatic N) is 1. The number of carbonyl (C=O) groups is 3. The zero-order valence-electron chi connectivity index (χ0n) is 20.4. The summed E-state index contributed by atoms with van der Waals surface area (Å²) in [5.41, 5.74) is 0.975. The summed E-state index contributed by atoms with van der Waals surface area (Å²) in [5, 5.41) is 5.63. The SMILES string of the molecule is CCC(C)C(NC(=O)OC(C)(C)C)C(=O)N(C)C(C(=O)NC(C)C)c1ccccc1C. The predicted octanol–water partition coefficient (Wildman–Crippen LogP) is 3.96. The molecule has 7 nitrogen and oxygen atoms in total. The Morgan fingerprint density at radius 2 is 1.65 bits per heavy atom. The molecule has 0 radical (unpaired) electrons. The van der Waals surface area contributed by atoms with Gasteiger partial charge in [-0.15, -0.1) is 0 Å². The highest BCUT2D eigenvalue weighted by atomic mass is 16.6. The molecule has 3 atom stereocenters. The van der Waals surface area contributed by atoms with Crippen LogP contribution in [0.3, 0.4) is 0 Å². The number of nitrogens with one attached hydrogen (secondary N) is 2. The molecule has 1 aromatic carbocycles. The van der Waals surface area contributed by atoms with Gasteiger partial charge in [0.2, 0.25) is 11.8 Å². The van der Waals surface area contributed by atoms with Crippen molar-refractivity contribution in [1.29, 1.82) is 0 Å². The first-order valence-corrected chi connectivity index (χ1v) is 10.9. The van der Waals surface area contributed by atoms with Gasteiger partial charge in [-0.05, 0) is 58.6 Å². The average molecular weight is 434 g/mol. The quantitative estimate of drug-likeness (QED) is 0.650. The monoisotopic (exact) mass is 433 g/mol. The Morgan fingerprint density at radius 3 is 2.13 bits per heavy atom. The van der Waals surface area contributed by atoms with Gasteiger partial charge in [-0.25, -0.2) is 4.79 Å². The second-order valence-electron chi connectivity index (χ2n) is 9.38. The number of hydrogen-bond donors (Lipinski definition) is 2. The first-order valence-electron chi connectivity index (χ1n) is 10.9. The fraction of sp³-hybridized carbons (Fsp3) is 0.625. The van der Waals surface area contributed by atoms with Gasteiger partial charge in [-0.3, -0.25) is 9.59 Å². The lowest BCUT2D eigenvalue weighted by molar-refractivity contribution is -0.142. The smallest absolute Gasteiger partial charge is 0.408 e. The molecule has 174 valence electrons. The standard InChI is InChI=1S/C24H39N3O4/c1-10-16(4)19(26-23(30)31-24(6,7)8)22(29)27(9)20(21(28)25-15(2)3)18-14-12-11-13-17(18)5/h11-16,19-20H,10H2,1-9H3,(H,25,28)(H,26,30). The number of rotatable bonds is 8. The molecule has 0 fully saturated rings. The number of benzene rings is 1. The molecule has 2 N–H and O–H groups in total. The molecule has 31 heavy (non-hydrogen) atoms. The Bertz CT molecular complexity index is 770. The van der Waals surface area contributed by atoms with Crippen LogP contribution in [0.1, 0.15) is 72.1 Å². The zero-order valence-corrected chi connectivity index (χ0v) is 20.4. The fourth-order valence-corrected chi connectivity index (χ4v) is 3.25. The molecule has 0 saturated carbocycles. The van der Waals surface area contributed by atoms with E-state index >= 15 is 0 Å². The third-order valence-electron chi connectivity index (χ3n) is 5.05. The van der Waals surface area contributed by atoms with Gasteiger partial charge in [0, 0.05) is 13.1 Å². The summed E-state index contributed by atoms with van der Waals surface area (Å²) >= 11 is 0. The van der Waals surface area contributed by atoms with Crippen LogP contribution in [-0.2, 0) is 14.3 Å². The average Bonchev–Trinajstić information content (AvgIpc) is 2.64. The van der Waals surface area contributed by atoms with E-state index in [4.69, 9.17) is 4.74 Å². The van der Waals surface area contributed by atoms with E-state index in [1.54, 1.807) is 27.8 Å². The van der Waals surface area contributed by atoms with Crippen molar-refractivity contribution in [3.05, 3.63) is 35.4 Å². The van der Waals surface area contributed by atoms with Crippen molar-refractivity contribution in [2.75, 3.05) is 7.05 Å². The minimum atomic E-state index is -0.817. The minimum Gasteiger partial charge on any atom is -0.444 e. The molecule has 0 aliphatic rings. The van der Waals surface area contributed by atoms with Crippen molar-refractivity contribution < 1.29 is 19.1 Å². The Morgan fingerprint density at radius 1 is 1.06 bits per heavy atom. The zero-order chi connectivity index (χ0) is 23.9. The lowest BCUT2D eigenvalue weighted by Crippen LogP contribution is -2.54. The number of hydrogen-bond acceptors (Lipinski definition) is 4. The minimum absolute atomic E-state index is 0.0761. The van der Waals surface area contributed by atoms with Crippen molar-refractivity contribution in [2.45, 2.75) is 85.5 Å². The highest BCUT2D eigenvalue weighted by Gasteiger charge is 2.36. The topological polar surface area (TPSA) is 87.7 Å². The van der Waals surface area contributed by atoms with E-state index in [9.17, 15) is 14.4 Å². The highest BCUT2D eigenvalue weighted by molar-refractivity contribution is 5.92. The molecule has 3 unspecified atom stereocenters. The molecule has 0 aliphatic carbocycles. The maximum absolute atomic E-state index is 13.5. The van der Waals surface area contributed by atoms with E-state index in [1.165, 1.54) is 4.90 Å². The van der Waals surface area contributed by atoms with E-state index in [2.05, 4.69) is 10.6 Å². The Hall–Kier alpha value is -2.57. The van der Waals surface area contributed by atoms with Crippen LogP contribution in [0, 0.1) is 12.8 Å². The lowest BCUT2D eigenvalue weighted by atomic mass is 9.95. The molecule has 0 aliphatic heterocycles. The third-order valence-corrected chi connectivity index (χ3v) is 5.05. The van der Waals surface area contributed by atoms with Crippen LogP contribution >= 0.6 is 0 Å². The van der Waals surface area contributed by atoms with Gasteiger partial charge in [0.05, 0.1) is 0 Å².